The summed E-state index contributed by atoms with van der Waals surface area (Å²) in [4.78, 5) is 14.8. The molecule has 3 aliphatic rings. The molecule has 0 aromatic heterocycles. The molecule has 2 heterocycles. The number of hydrogen-bond acceptors (Lipinski definition) is 3. The maximum Gasteiger partial charge on any atom is 0.241 e. The van der Waals surface area contributed by atoms with E-state index in [9.17, 15) is 4.79 Å². The van der Waals surface area contributed by atoms with Crippen LogP contribution in [0.2, 0.25) is 0 Å². The first kappa shape index (κ1) is 12.4. The number of hydrazine groups is 1. The van der Waals surface area contributed by atoms with Gasteiger partial charge in [-0.05, 0) is 30.4 Å². The molecule has 0 spiro atoms. The van der Waals surface area contributed by atoms with Gasteiger partial charge in [0, 0.05) is 25.0 Å². The van der Waals surface area contributed by atoms with Crippen molar-refractivity contribution in [1.82, 2.24) is 15.8 Å². The number of fused-ring (bicyclic) bond motifs is 2. The minimum absolute atomic E-state index is 0.0206. The maximum atomic E-state index is 12.8. The zero-order valence-corrected chi connectivity index (χ0v) is 11.6. The minimum Gasteiger partial charge on any atom is -0.337 e. The van der Waals surface area contributed by atoms with Crippen LogP contribution in [0.25, 0.3) is 0 Å². The van der Waals surface area contributed by atoms with Crippen molar-refractivity contribution in [2.45, 2.75) is 44.3 Å². The highest BCUT2D eigenvalue weighted by Crippen LogP contribution is 2.32. The first-order chi connectivity index (χ1) is 9.83. The molecule has 1 aliphatic carbocycles. The summed E-state index contributed by atoms with van der Waals surface area (Å²) in [6.07, 6.45) is 4.60. The van der Waals surface area contributed by atoms with E-state index in [4.69, 9.17) is 0 Å². The van der Waals surface area contributed by atoms with Gasteiger partial charge >= 0.3 is 0 Å². The van der Waals surface area contributed by atoms with Crippen LogP contribution in [0.15, 0.2) is 24.3 Å². The van der Waals surface area contributed by atoms with E-state index in [1.165, 1.54) is 30.4 Å². The van der Waals surface area contributed by atoms with Crippen molar-refractivity contribution in [3.05, 3.63) is 35.4 Å². The van der Waals surface area contributed by atoms with Crippen LogP contribution in [-0.2, 0) is 17.8 Å². The number of hydrogen-bond donors (Lipinski definition) is 2. The fourth-order valence-electron chi connectivity index (χ4n) is 4.00. The van der Waals surface area contributed by atoms with Crippen molar-refractivity contribution in [2.24, 2.45) is 5.92 Å². The van der Waals surface area contributed by atoms with E-state index >= 15 is 0 Å². The Kier molecular flexibility index (Phi) is 3.00. The van der Waals surface area contributed by atoms with Crippen molar-refractivity contribution < 1.29 is 4.79 Å². The Bertz CT molecular complexity index is 530. The third kappa shape index (κ3) is 1.95. The Morgan fingerprint density at radius 2 is 2.00 bits per heavy atom. The molecule has 1 saturated carbocycles. The van der Waals surface area contributed by atoms with E-state index in [1.54, 1.807) is 0 Å². The van der Waals surface area contributed by atoms with Crippen molar-refractivity contribution in [3.63, 3.8) is 0 Å². The molecule has 4 rings (SSSR count). The molecule has 4 heteroatoms. The van der Waals surface area contributed by atoms with Crippen LogP contribution in [0.3, 0.4) is 0 Å². The third-order valence-electron chi connectivity index (χ3n) is 5.13. The van der Waals surface area contributed by atoms with Crippen LogP contribution in [0.4, 0.5) is 0 Å². The second-order valence-electron chi connectivity index (χ2n) is 6.25. The fourth-order valence-corrected chi connectivity index (χ4v) is 4.00. The molecule has 1 aromatic carbocycles. The van der Waals surface area contributed by atoms with Gasteiger partial charge in [-0.25, -0.2) is 5.43 Å². The molecule has 2 fully saturated rings. The van der Waals surface area contributed by atoms with Gasteiger partial charge < -0.3 is 4.90 Å². The molecule has 1 saturated heterocycles. The Labute approximate surface area is 119 Å². The lowest BCUT2D eigenvalue weighted by atomic mass is 9.94. The molecular formula is C16H21N3O. The van der Waals surface area contributed by atoms with E-state index < -0.39 is 0 Å². The lowest BCUT2D eigenvalue weighted by Crippen LogP contribution is -2.49. The van der Waals surface area contributed by atoms with Gasteiger partial charge in [0.1, 0.15) is 6.04 Å². The van der Waals surface area contributed by atoms with E-state index in [2.05, 4.69) is 35.1 Å². The molecule has 0 bridgehead atoms. The number of benzene rings is 1. The first-order valence-electron chi connectivity index (χ1n) is 7.69. The average Bonchev–Trinajstić information content (AvgIpc) is 3.09. The molecule has 2 aliphatic heterocycles. The monoisotopic (exact) mass is 271 g/mol. The van der Waals surface area contributed by atoms with Gasteiger partial charge in [-0.3, -0.25) is 10.2 Å². The number of amides is 1. The number of carbonyl (C=O) groups excluding carboxylic acids is 1. The number of rotatable bonds is 1. The van der Waals surface area contributed by atoms with Crippen LogP contribution in [0, 0.1) is 5.92 Å². The minimum atomic E-state index is -0.0206. The molecular weight excluding hydrogens is 250 g/mol. The average molecular weight is 271 g/mol. The van der Waals surface area contributed by atoms with Gasteiger partial charge in [0.05, 0.1) is 0 Å². The largest absolute Gasteiger partial charge is 0.337 e. The molecule has 2 N–H and O–H groups in total. The number of nitrogens with one attached hydrogen (secondary N) is 2. The van der Waals surface area contributed by atoms with Gasteiger partial charge in [0.2, 0.25) is 5.91 Å². The summed E-state index contributed by atoms with van der Waals surface area (Å²) >= 11 is 0. The van der Waals surface area contributed by atoms with Crippen molar-refractivity contribution >= 4 is 5.91 Å². The summed E-state index contributed by atoms with van der Waals surface area (Å²) in [6, 6.07) is 8.96. The van der Waals surface area contributed by atoms with Crippen LogP contribution in [0.5, 0.6) is 0 Å². The second kappa shape index (κ2) is 4.86. The van der Waals surface area contributed by atoms with E-state index in [-0.39, 0.29) is 11.9 Å². The molecule has 1 amide bonds. The topological polar surface area (TPSA) is 44.4 Å². The van der Waals surface area contributed by atoms with Crippen LogP contribution in [0.1, 0.15) is 30.4 Å². The Balaban J connectivity index is 1.50. The van der Waals surface area contributed by atoms with E-state index in [0.717, 1.165) is 19.5 Å². The van der Waals surface area contributed by atoms with E-state index in [1.807, 2.05) is 4.90 Å². The smallest absolute Gasteiger partial charge is 0.241 e. The van der Waals surface area contributed by atoms with Crippen molar-refractivity contribution in [2.75, 3.05) is 6.54 Å². The second-order valence-corrected chi connectivity index (χ2v) is 6.25. The summed E-state index contributed by atoms with van der Waals surface area (Å²) in [5, 5.41) is 0. The van der Waals surface area contributed by atoms with Gasteiger partial charge in [-0.15, -0.1) is 0 Å². The summed E-state index contributed by atoms with van der Waals surface area (Å²) in [6.45, 7) is 1.62. The molecule has 4 nitrogen and oxygen atoms in total. The molecule has 106 valence electrons. The molecule has 0 radical (unpaired) electrons. The predicted molar refractivity (Wildman–Crippen MR) is 76.8 cm³/mol. The van der Waals surface area contributed by atoms with Crippen molar-refractivity contribution in [1.29, 1.82) is 0 Å². The van der Waals surface area contributed by atoms with Crippen molar-refractivity contribution in [3.8, 4) is 0 Å². The predicted octanol–water partition coefficient (Wildman–Crippen LogP) is 1.22. The van der Waals surface area contributed by atoms with Gasteiger partial charge in [0.25, 0.3) is 0 Å². The summed E-state index contributed by atoms with van der Waals surface area (Å²) in [5.41, 5.74) is 9.25. The lowest BCUT2D eigenvalue weighted by Gasteiger charge is -2.32. The highest BCUT2D eigenvalue weighted by molar-refractivity contribution is 5.83. The summed E-state index contributed by atoms with van der Waals surface area (Å²) in [5.74, 6) is 0.765. The lowest BCUT2D eigenvalue weighted by molar-refractivity contribution is -0.135. The number of carbonyl (C=O) groups is 1. The van der Waals surface area contributed by atoms with Crippen LogP contribution >= 0.6 is 0 Å². The highest BCUT2D eigenvalue weighted by Gasteiger charge is 2.44. The van der Waals surface area contributed by atoms with Crippen LogP contribution < -0.4 is 10.9 Å². The third-order valence-corrected chi connectivity index (χ3v) is 5.13. The SMILES string of the molecule is O=C(C1NNC2CCCC21)N1CCc2ccccc2C1. The van der Waals surface area contributed by atoms with Gasteiger partial charge in [-0.2, -0.15) is 0 Å². The normalized spacial score (nSPS) is 32.0. The molecule has 3 atom stereocenters. The highest BCUT2D eigenvalue weighted by atomic mass is 16.2. The molecule has 20 heavy (non-hydrogen) atoms. The van der Waals surface area contributed by atoms with Crippen LogP contribution in [-0.4, -0.2) is 29.4 Å². The number of nitrogens with zero attached hydrogens (tertiary/aromatic N) is 1. The Hall–Kier alpha value is -1.39. The van der Waals surface area contributed by atoms with E-state index in [0.29, 0.717) is 12.0 Å². The zero-order chi connectivity index (χ0) is 13.5. The van der Waals surface area contributed by atoms with Gasteiger partial charge in [-0.1, -0.05) is 30.7 Å². The standard InChI is InChI=1S/C16H21N3O/c20-16(15-13-6-3-7-14(13)17-18-15)19-9-8-11-4-1-2-5-12(11)10-19/h1-2,4-5,13-15,17-18H,3,6-10H2. The molecule has 3 unspecified atom stereocenters. The summed E-state index contributed by atoms with van der Waals surface area (Å²) in [7, 11) is 0. The maximum absolute atomic E-state index is 12.8. The first-order valence-corrected chi connectivity index (χ1v) is 7.69. The quantitative estimate of drug-likeness (QED) is 0.807. The molecule has 1 aromatic rings. The zero-order valence-electron chi connectivity index (χ0n) is 11.6. The Morgan fingerprint density at radius 3 is 2.90 bits per heavy atom. The summed E-state index contributed by atoms with van der Waals surface area (Å²) < 4.78 is 0. The van der Waals surface area contributed by atoms with Gasteiger partial charge in [0.15, 0.2) is 0 Å². The fraction of sp³-hybridized carbons (Fsp3) is 0.562. The Morgan fingerprint density at radius 1 is 1.15 bits per heavy atom.